The lowest BCUT2D eigenvalue weighted by molar-refractivity contribution is -0.126. The highest BCUT2D eigenvalue weighted by Crippen LogP contribution is 2.28. The maximum Gasteiger partial charge on any atom is 0.227 e. The third-order valence-electron chi connectivity index (χ3n) is 5.79. The maximum absolute atomic E-state index is 12.9. The van der Waals surface area contributed by atoms with Crippen LogP contribution in [0.1, 0.15) is 29.0 Å². The molecule has 1 fully saturated rings. The molecule has 4 nitrogen and oxygen atoms in total. The van der Waals surface area contributed by atoms with Gasteiger partial charge in [0, 0.05) is 31.1 Å². The number of para-hydroxylation sites is 1. The van der Waals surface area contributed by atoms with Crippen molar-refractivity contribution in [2.75, 3.05) is 18.0 Å². The predicted molar refractivity (Wildman–Crippen MR) is 119 cm³/mol. The van der Waals surface area contributed by atoms with Crippen LogP contribution in [0.2, 0.25) is 0 Å². The molecule has 1 unspecified atom stereocenters. The molecule has 1 atom stereocenters. The molecule has 1 saturated heterocycles. The summed E-state index contributed by atoms with van der Waals surface area (Å²) in [7, 11) is 0. The Morgan fingerprint density at radius 3 is 2.10 bits per heavy atom. The van der Waals surface area contributed by atoms with Crippen LogP contribution in [0, 0.1) is 12.8 Å². The smallest absolute Gasteiger partial charge is 0.227 e. The number of rotatable bonds is 6. The molecule has 30 heavy (non-hydrogen) atoms. The van der Waals surface area contributed by atoms with Crippen LogP contribution in [0.5, 0.6) is 0 Å². The van der Waals surface area contributed by atoms with Crippen molar-refractivity contribution in [3.8, 4) is 0 Å². The van der Waals surface area contributed by atoms with E-state index in [1.807, 2.05) is 67.6 Å². The number of aryl methyl sites for hydroxylation is 1. The minimum absolute atomic E-state index is 0.00659. The van der Waals surface area contributed by atoms with E-state index < -0.39 is 0 Å². The van der Waals surface area contributed by atoms with Crippen molar-refractivity contribution in [2.24, 2.45) is 5.92 Å². The fourth-order valence-electron chi connectivity index (χ4n) is 4.13. The van der Waals surface area contributed by atoms with E-state index in [0.717, 1.165) is 22.4 Å². The number of benzene rings is 3. The number of amides is 2. The number of nitrogens with one attached hydrogen (secondary N) is 1. The van der Waals surface area contributed by atoms with E-state index in [-0.39, 0.29) is 30.1 Å². The van der Waals surface area contributed by atoms with Crippen molar-refractivity contribution in [2.45, 2.75) is 19.3 Å². The topological polar surface area (TPSA) is 49.4 Å². The summed E-state index contributed by atoms with van der Waals surface area (Å²) in [5.74, 6) is -0.311. The Morgan fingerprint density at radius 2 is 1.50 bits per heavy atom. The first-order valence-electron chi connectivity index (χ1n) is 10.4. The second-order valence-electron chi connectivity index (χ2n) is 7.81. The summed E-state index contributed by atoms with van der Waals surface area (Å²) in [6.45, 7) is 2.92. The standard InChI is InChI=1S/C26H26N2O2/c1-19-10-8-9-15-24(19)28-18-22(16-25(28)29)26(30)27-17-23(20-11-4-2-5-12-20)21-13-6-3-7-14-21/h2-15,22-23H,16-18H2,1H3,(H,27,30). The van der Waals surface area contributed by atoms with Crippen LogP contribution < -0.4 is 10.2 Å². The van der Waals surface area contributed by atoms with Crippen molar-refractivity contribution < 1.29 is 9.59 Å². The van der Waals surface area contributed by atoms with Gasteiger partial charge in [0.2, 0.25) is 11.8 Å². The summed E-state index contributed by atoms with van der Waals surface area (Å²) < 4.78 is 0. The Labute approximate surface area is 177 Å². The average molecular weight is 399 g/mol. The lowest BCUT2D eigenvalue weighted by Crippen LogP contribution is -2.35. The fourth-order valence-corrected chi connectivity index (χ4v) is 4.13. The Kier molecular flexibility index (Phi) is 5.94. The molecule has 2 amide bonds. The Balaban J connectivity index is 1.45. The molecule has 1 aliphatic heterocycles. The van der Waals surface area contributed by atoms with Crippen molar-refractivity contribution in [3.05, 3.63) is 102 Å². The number of carbonyl (C=O) groups excluding carboxylic acids is 2. The largest absolute Gasteiger partial charge is 0.355 e. The van der Waals surface area contributed by atoms with Gasteiger partial charge in [-0.25, -0.2) is 0 Å². The summed E-state index contributed by atoms with van der Waals surface area (Å²) in [6.07, 6.45) is 0.251. The normalized spacial score (nSPS) is 16.1. The first kappa shape index (κ1) is 19.9. The van der Waals surface area contributed by atoms with E-state index in [9.17, 15) is 9.59 Å². The molecule has 1 aliphatic rings. The monoisotopic (exact) mass is 398 g/mol. The number of anilines is 1. The molecule has 3 aromatic carbocycles. The van der Waals surface area contributed by atoms with Gasteiger partial charge in [0.15, 0.2) is 0 Å². The molecule has 152 valence electrons. The van der Waals surface area contributed by atoms with E-state index in [1.165, 1.54) is 0 Å². The third kappa shape index (κ3) is 4.28. The van der Waals surface area contributed by atoms with Gasteiger partial charge >= 0.3 is 0 Å². The first-order valence-corrected chi connectivity index (χ1v) is 10.4. The average Bonchev–Trinajstić information content (AvgIpc) is 3.17. The molecular weight excluding hydrogens is 372 g/mol. The number of nitrogens with zero attached hydrogens (tertiary/aromatic N) is 1. The molecule has 1 heterocycles. The van der Waals surface area contributed by atoms with E-state index in [0.29, 0.717) is 13.1 Å². The summed E-state index contributed by atoms with van der Waals surface area (Å²) in [5, 5.41) is 3.11. The minimum atomic E-state index is -0.329. The van der Waals surface area contributed by atoms with E-state index in [2.05, 4.69) is 29.6 Å². The van der Waals surface area contributed by atoms with Crippen LogP contribution in [0.3, 0.4) is 0 Å². The Morgan fingerprint density at radius 1 is 0.933 bits per heavy atom. The molecular formula is C26H26N2O2. The zero-order valence-electron chi connectivity index (χ0n) is 17.1. The van der Waals surface area contributed by atoms with E-state index in [4.69, 9.17) is 0 Å². The van der Waals surface area contributed by atoms with Gasteiger partial charge in [-0.3, -0.25) is 9.59 Å². The van der Waals surface area contributed by atoms with Crippen molar-refractivity contribution in [3.63, 3.8) is 0 Å². The highest BCUT2D eigenvalue weighted by atomic mass is 16.2. The van der Waals surface area contributed by atoms with E-state index in [1.54, 1.807) is 4.90 Å². The van der Waals surface area contributed by atoms with Crippen LogP contribution in [0.25, 0.3) is 0 Å². The minimum Gasteiger partial charge on any atom is -0.355 e. The molecule has 1 N–H and O–H groups in total. The molecule has 0 spiro atoms. The molecule has 3 aromatic rings. The molecule has 0 saturated carbocycles. The molecule has 4 heteroatoms. The van der Waals surface area contributed by atoms with Crippen molar-refractivity contribution in [1.82, 2.24) is 5.32 Å². The predicted octanol–water partition coefficient (Wildman–Crippen LogP) is 4.30. The van der Waals surface area contributed by atoms with Crippen LogP contribution in [0.4, 0.5) is 5.69 Å². The highest BCUT2D eigenvalue weighted by molar-refractivity contribution is 6.00. The quantitative estimate of drug-likeness (QED) is 0.673. The second kappa shape index (κ2) is 8.95. The summed E-state index contributed by atoms with van der Waals surface area (Å²) >= 11 is 0. The Hall–Kier alpha value is -3.40. The van der Waals surface area contributed by atoms with Crippen molar-refractivity contribution >= 4 is 17.5 Å². The molecule has 0 radical (unpaired) electrons. The lowest BCUT2D eigenvalue weighted by Gasteiger charge is -2.21. The van der Waals surface area contributed by atoms with Gasteiger partial charge < -0.3 is 10.2 Å². The van der Waals surface area contributed by atoms with E-state index >= 15 is 0 Å². The first-order chi connectivity index (χ1) is 14.6. The van der Waals surface area contributed by atoms with Gasteiger partial charge in [-0.05, 0) is 29.7 Å². The summed E-state index contributed by atoms with van der Waals surface area (Å²) in [4.78, 5) is 27.2. The third-order valence-corrected chi connectivity index (χ3v) is 5.79. The van der Waals surface area contributed by atoms with Crippen LogP contribution in [-0.4, -0.2) is 24.9 Å². The number of hydrogen-bond donors (Lipinski definition) is 1. The van der Waals surface area contributed by atoms with Gasteiger partial charge in [0.25, 0.3) is 0 Å². The summed E-state index contributed by atoms with van der Waals surface area (Å²) in [5.41, 5.74) is 4.26. The number of hydrogen-bond acceptors (Lipinski definition) is 2. The molecule has 0 bridgehead atoms. The molecule has 4 rings (SSSR count). The van der Waals surface area contributed by atoms with Crippen LogP contribution in [-0.2, 0) is 9.59 Å². The Bertz CT molecular complexity index is 978. The number of carbonyl (C=O) groups is 2. The molecule has 0 aromatic heterocycles. The maximum atomic E-state index is 12.9. The van der Waals surface area contributed by atoms with Gasteiger partial charge in [0.1, 0.15) is 0 Å². The molecule has 0 aliphatic carbocycles. The van der Waals surface area contributed by atoms with Gasteiger partial charge in [-0.2, -0.15) is 0 Å². The van der Waals surface area contributed by atoms with Crippen LogP contribution in [0.15, 0.2) is 84.9 Å². The zero-order valence-corrected chi connectivity index (χ0v) is 17.1. The lowest BCUT2D eigenvalue weighted by atomic mass is 9.91. The highest BCUT2D eigenvalue weighted by Gasteiger charge is 2.35. The zero-order chi connectivity index (χ0) is 20.9. The summed E-state index contributed by atoms with van der Waals surface area (Å²) in [6, 6.07) is 28.2. The second-order valence-corrected chi connectivity index (χ2v) is 7.81. The van der Waals surface area contributed by atoms with Gasteiger partial charge in [-0.15, -0.1) is 0 Å². The SMILES string of the molecule is Cc1ccccc1N1CC(C(=O)NCC(c2ccccc2)c2ccccc2)CC1=O. The van der Waals surface area contributed by atoms with Gasteiger partial charge in [0.05, 0.1) is 5.92 Å². The van der Waals surface area contributed by atoms with Crippen LogP contribution >= 0.6 is 0 Å². The fraction of sp³-hybridized carbons (Fsp3) is 0.231. The van der Waals surface area contributed by atoms with Crippen molar-refractivity contribution in [1.29, 1.82) is 0 Å². The van der Waals surface area contributed by atoms with Gasteiger partial charge in [-0.1, -0.05) is 78.9 Å².